The fraction of sp³-hybridized carbons (Fsp3) is 0.959. The second-order valence-electron chi connectivity index (χ2n) is 21.7. The molecule has 2 bridgehead atoms. The van der Waals surface area contributed by atoms with Crippen LogP contribution in [-0.2, 0) is 71.1 Å². The predicted molar refractivity (Wildman–Crippen MR) is 233 cm³/mol. The van der Waals surface area contributed by atoms with Crippen LogP contribution < -0.4 is 0 Å². The van der Waals surface area contributed by atoms with Crippen molar-refractivity contribution in [2.75, 3.05) is 41.7 Å². The Morgan fingerprint density at radius 1 is 0.657 bits per heavy atom. The van der Waals surface area contributed by atoms with Crippen molar-refractivity contribution in [1.82, 2.24) is 0 Å². The Hall–Kier alpha value is -0.980. The van der Waals surface area contributed by atoms with E-state index in [1.54, 1.807) is 28.3 Å². The van der Waals surface area contributed by atoms with E-state index in [-0.39, 0.29) is 65.7 Å². The Kier molecular flexibility index (Phi) is 13.9. The average molecular weight is 955 g/mol. The third-order valence-electron chi connectivity index (χ3n) is 18.3. The summed E-state index contributed by atoms with van der Waals surface area (Å²) in [5.74, 6) is -0.651. The van der Waals surface area contributed by atoms with Crippen molar-refractivity contribution in [3.05, 3.63) is 11.6 Å². The normalized spacial score (nSPS) is 56.0. The number of hydrogen-bond donors (Lipinski definition) is 3. The van der Waals surface area contributed by atoms with Gasteiger partial charge in [-0.1, -0.05) is 18.6 Å². The number of fused-ring (bicyclic) bond motifs is 3. The quantitative estimate of drug-likeness (QED) is 0.227. The van der Waals surface area contributed by atoms with Crippen molar-refractivity contribution >= 4 is 0 Å². The Balaban J connectivity index is 0.727. The molecular formula is C49H78O18. The van der Waals surface area contributed by atoms with Gasteiger partial charge in [0, 0.05) is 64.4 Å². The minimum Gasteiger partial charge on any atom is -0.395 e. The van der Waals surface area contributed by atoms with E-state index in [0.717, 1.165) is 38.5 Å². The molecule has 0 radical (unpaired) electrons. The van der Waals surface area contributed by atoms with E-state index >= 15 is 0 Å². The molecule has 18 heteroatoms. The van der Waals surface area contributed by atoms with Gasteiger partial charge in [0.2, 0.25) is 0 Å². The molecule has 382 valence electrons. The summed E-state index contributed by atoms with van der Waals surface area (Å²) >= 11 is 0. The average Bonchev–Trinajstić information content (AvgIpc) is 3.80. The maximum Gasteiger partial charge on any atom is 0.187 e. The van der Waals surface area contributed by atoms with Crippen LogP contribution in [0.5, 0.6) is 0 Å². The second-order valence-corrected chi connectivity index (χ2v) is 21.7. The van der Waals surface area contributed by atoms with Gasteiger partial charge in [0.15, 0.2) is 36.7 Å². The highest BCUT2D eigenvalue weighted by atomic mass is 16.8. The van der Waals surface area contributed by atoms with Crippen LogP contribution in [0, 0.1) is 28.6 Å². The van der Waals surface area contributed by atoms with Gasteiger partial charge in [-0.2, -0.15) is 0 Å². The molecule has 67 heavy (non-hydrogen) atoms. The number of aliphatic hydroxyl groups is 3. The largest absolute Gasteiger partial charge is 0.395 e. The van der Waals surface area contributed by atoms with Gasteiger partial charge in [0.25, 0.3) is 0 Å². The third-order valence-corrected chi connectivity index (χ3v) is 18.3. The molecule has 18 nitrogen and oxygen atoms in total. The molecule has 3 aliphatic carbocycles. The zero-order valence-electron chi connectivity index (χ0n) is 41.0. The molecule has 0 spiro atoms. The maximum absolute atomic E-state index is 11.3. The number of ether oxygens (including phenoxy) is 15. The summed E-state index contributed by atoms with van der Waals surface area (Å²) < 4.78 is 94.9. The molecule has 7 aliphatic heterocycles. The summed E-state index contributed by atoms with van der Waals surface area (Å²) in [6.45, 7) is 12.6. The number of aliphatic hydroxyl groups excluding tert-OH is 3. The molecule has 10 rings (SSSR count). The van der Waals surface area contributed by atoms with Crippen molar-refractivity contribution in [2.45, 2.75) is 228 Å². The first-order valence-corrected chi connectivity index (χ1v) is 25.1. The summed E-state index contributed by atoms with van der Waals surface area (Å²) in [5.41, 5.74) is 0.860. The summed E-state index contributed by atoms with van der Waals surface area (Å²) in [6.07, 6.45) is -1.68. The topological polar surface area (TPSA) is 199 Å². The Bertz CT molecular complexity index is 1770. The number of rotatable bonds is 13. The van der Waals surface area contributed by atoms with Crippen molar-refractivity contribution in [3.63, 3.8) is 0 Å². The van der Waals surface area contributed by atoms with Crippen LogP contribution in [0.25, 0.3) is 0 Å². The first-order chi connectivity index (χ1) is 32.0. The maximum atomic E-state index is 11.3. The Morgan fingerprint density at radius 3 is 1.79 bits per heavy atom. The summed E-state index contributed by atoms with van der Waals surface area (Å²) in [6, 6.07) is 0. The van der Waals surface area contributed by atoms with Gasteiger partial charge in [-0.15, -0.1) is 0 Å². The lowest BCUT2D eigenvalue weighted by Crippen LogP contribution is -2.61. The fourth-order valence-corrected chi connectivity index (χ4v) is 15.0. The standard InChI is InChI=1S/C49H78O18/c1-23-38(51)43(56-10)39(52)45(61-23)65-42-26(4)60-37(20-33(42)55-9)64-41-25(3)59-36(19-32(41)54-8)63-40-24(2)58-35(18-31(40)53-7)62-28-13-16-48(22-50)27(17-28)11-12-30-29(48)14-15-46(5)44-34-21-57-47(44,6)67-49(30,46)66-34/h11,23-26,28-45,50-52H,12-22H2,1-10H3/t23-,24-,25-,26-,28+,29+,30-,31-,32+,33-,34-,35+,36+,37+,38-,39-,40-,41-,42-,43+,44+,45+,46-,47+,48-,49+/m1/s1. The van der Waals surface area contributed by atoms with Crippen LogP contribution in [0.1, 0.15) is 99.3 Å². The van der Waals surface area contributed by atoms with Gasteiger partial charge in [-0.05, 0) is 79.1 Å². The third kappa shape index (κ3) is 8.06. The SMILES string of the molecule is CO[C@@H]1[C@@H](O)[C@H](O[C@@H]2[C@@H](C)O[C@@H](O[C@H]3[C@@H](OC)C[C@H](O[C@@H]4[C@@H](C)O[C@@H](O[C@H]5CC[C@@]6(CO)C(=CC[C@@H]7[C@@H]6CC[C@]6(C)[C@@H]8[C@H]9CO[C@@]8(C)O[C@@]76O9)C5)C[C@H]4OC)O[C@@H]3C)C[C@H]2OC)O[C@H](C)[C@H]1O. The molecule has 9 fully saturated rings. The highest BCUT2D eigenvalue weighted by Crippen LogP contribution is 2.76. The summed E-state index contributed by atoms with van der Waals surface area (Å²) in [7, 11) is 6.37. The van der Waals surface area contributed by atoms with E-state index in [0.29, 0.717) is 25.9 Å². The Morgan fingerprint density at radius 2 is 1.24 bits per heavy atom. The second kappa shape index (κ2) is 18.8. The van der Waals surface area contributed by atoms with Crippen LogP contribution in [-0.4, -0.2) is 185 Å². The molecular weight excluding hydrogens is 877 g/mol. The van der Waals surface area contributed by atoms with E-state index in [1.165, 1.54) is 12.7 Å². The molecule has 2 saturated carbocycles. The molecule has 7 saturated heterocycles. The first kappa shape index (κ1) is 49.6. The van der Waals surface area contributed by atoms with Crippen molar-refractivity contribution in [2.24, 2.45) is 28.6 Å². The molecule has 0 unspecified atom stereocenters. The van der Waals surface area contributed by atoms with Crippen LogP contribution in [0.3, 0.4) is 0 Å². The molecule has 0 aromatic rings. The monoisotopic (exact) mass is 955 g/mol. The lowest BCUT2D eigenvalue weighted by Gasteiger charge is -2.59. The predicted octanol–water partition coefficient (Wildman–Crippen LogP) is 3.47. The van der Waals surface area contributed by atoms with Gasteiger partial charge in [0.05, 0.1) is 74.1 Å². The molecule has 7 heterocycles. The lowest BCUT2D eigenvalue weighted by atomic mass is 9.47. The number of hydrogen-bond acceptors (Lipinski definition) is 18. The van der Waals surface area contributed by atoms with E-state index in [9.17, 15) is 15.3 Å². The summed E-state index contributed by atoms with van der Waals surface area (Å²) in [5, 5.41) is 32.6. The smallest absolute Gasteiger partial charge is 0.187 e. The van der Waals surface area contributed by atoms with E-state index in [1.807, 2.05) is 20.8 Å². The molecule has 26 atom stereocenters. The van der Waals surface area contributed by atoms with E-state index < -0.39 is 97.8 Å². The molecule has 0 aromatic carbocycles. The van der Waals surface area contributed by atoms with Gasteiger partial charge >= 0.3 is 0 Å². The molecule has 10 aliphatic rings. The van der Waals surface area contributed by atoms with E-state index in [4.69, 9.17) is 71.1 Å². The van der Waals surface area contributed by atoms with Crippen LogP contribution >= 0.6 is 0 Å². The lowest BCUT2D eigenvalue weighted by molar-refractivity contribution is -0.359. The van der Waals surface area contributed by atoms with Gasteiger partial charge in [0.1, 0.15) is 36.6 Å². The van der Waals surface area contributed by atoms with Crippen molar-refractivity contribution in [3.8, 4) is 0 Å². The van der Waals surface area contributed by atoms with Gasteiger partial charge in [-0.3, -0.25) is 0 Å². The van der Waals surface area contributed by atoms with E-state index in [2.05, 4.69) is 19.9 Å². The zero-order chi connectivity index (χ0) is 47.4. The highest BCUT2D eigenvalue weighted by molar-refractivity contribution is 5.30. The number of methoxy groups -OCH3 is 4. The molecule has 0 aromatic heterocycles. The first-order valence-electron chi connectivity index (χ1n) is 25.1. The van der Waals surface area contributed by atoms with Crippen molar-refractivity contribution in [1.29, 1.82) is 0 Å². The van der Waals surface area contributed by atoms with Gasteiger partial charge in [-0.25, -0.2) is 0 Å². The molecule has 0 amide bonds. The number of allylic oxidation sites excluding steroid dienone is 1. The van der Waals surface area contributed by atoms with Crippen LogP contribution in [0.15, 0.2) is 11.6 Å². The highest BCUT2D eigenvalue weighted by Gasteiger charge is 2.83. The minimum atomic E-state index is -1.22. The Labute approximate surface area is 395 Å². The minimum absolute atomic E-state index is 0.0587. The fourth-order valence-electron chi connectivity index (χ4n) is 15.0. The molecule has 3 N–H and O–H groups in total. The van der Waals surface area contributed by atoms with Crippen LogP contribution in [0.4, 0.5) is 0 Å². The van der Waals surface area contributed by atoms with Crippen molar-refractivity contribution < 1.29 is 86.4 Å². The summed E-state index contributed by atoms with van der Waals surface area (Å²) in [4.78, 5) is 0. The van der Waals surface area contributed by atoms with Crippen LogP contribution in [0.2, 0.25) is 0 Å². The zero-order valence-corrected chi connectivity index (χ0v) is 41.0. The van der Waals surface area contributed by atoms with Gasteiger partial charge < -0.3 is 86.4 Å².